The number of carbonyl (C=O) groups excluding carboxylic acids is 7. The van der Waals surface area contributed by atoms with Crippen molar-refractivity contribution in [3.8, 4) is 40.2 Å². The molecule has 0 heterocycles. The highest BCUT2D eigenvalue weighted by Gasteiger charge is 2.15. The van der Waals surface area contributed by atoms with Crippen molar-refractivity contribution in [3.05, 3.63) is 210 Å². The lowest BCUT2D eigenvalue weighted by Gasteiger charge is -2.09. The Morgan fingerprint density at radius 2 is 0.630 bits per heavy atom. The number of esters is 7. The minimum Gasteiger partial charge on any atom is -0.494 e. The fourth-order valence-electron chi connectivity index (χ4n) is 6.09. The molecule has 0 fully saturated rings. The first-order valence-corrected chi connectivity index (χ1v) is 25.0. The molecule has 19 heteroatoms. The standard InChI is InChI=1S/C40H36O12.C20H18O7.C2H6/c1-4-36(41)48-24-6-5-23-46-31-13-7-28(8-14-31)39(44)51-34-19-21-35(22-20-34)52-40(45)30-11-17-33(18-12-30)50-38(43)29-9-15-32(16-10-29)47-25-26-49-37(42)27(2)3;1-13(2)19(23)26-12-11-25-16-7-5-15(6-8-16)20(24)27-17-9-3-14(4-10-17)18(21)22;1-2/h4,7-22H,1-2,5-6,23-26H2,3H3;3-10H,1,11-12H2,2H3,(H,21,22);1-2H3. The molecule has 19 nitrogen and oxygen atoms in total. The van der Waals surface area contributed by atoms with Crippen LogP contribution in [-0.2, 0) is 28.6 Å². The summed E-state index contributed by atoms with van der Waals surface area (Å²) in [6.45, 7) is 18.6. The molecule has 0 saturated heterocycles. The van der Waals surface area contributed by atoms with Crippen LogP contribution in [0.2, 0.25) is 0 Å². The maximum absolute atomic E-state index is 12.7. The van der Waals surface area contributed by atoms with Crippen LogP contribution in [0.25, 0.3) is 0 Å². The summed E-state index contributed by atoms with van der Waals surface area (Å²) >= 11 is 0. The van der Waals surface area contributed by atoms with E-state index in [1.165, 1.54) is 97.1 Å². The minimum absolute atomic E-state index is 0.0556. The van der Waals surface area contributed by atoms with Crippen molar-refractivity contribution in [2.75, 3.05) is 39.6 Å². The topological polar surface area (TPSA) is 249 Å². The van der Waals surface area contributed by atoms with Gasteiger partial charge in [0, 0.05) is 17.2 Å². The van der Waals surface area contributed by atoms with Gasteiger partial charge in [-0.15, -0.1) is 0 Å². The third-order valence-corrected chi connectivity index (χ3v) is 10.2. The summed E-state index contributed by atoms with van der Waals surface area (Å²) in [5, 5.41) is 8.84. The molecule has 422 valence electrons. The zero-order valence-corrected chi connectivity index (χ0v) is 45.0. The quantitative estimate of drug-likeness (QED) is 0.0174. The molecule has 0 atom stereocenters. The van der Waals surface area contributed by atoms with Gasteiger partial charge in [0.25, 0.3) is 0 Å². The Kier molecular flexibility index (Phi) is 26.4. The van der Waals surface area contributed by atoms with E-state index in [1.54, 1.807) is 62.4 Å². The van der Waals surface area contributed by atoms with Gasteiger partial charge in [0.2, 0.25) is 0 Å². The highest BCUT2D eigenvalue weighted by Crippen LogP contribution is 2.23. The van der Waals surface area contributed by atoms with E-state index >= 15 is 0 Å². The fourth-order valence-corrected chi connectivity index (χ4v) is 6.09. The molecule has 0 amide bonds. The molecule has 0 unspecified atom stereocenters. The van der Waals surface area contributed by atoms with Gasteiger partial charge in [-0.25, -0.2) is 38.4 Å². The van der Waals surface area contributed by atoms with Crippen molar-refractivity contribution < 1.29 is 90.8 Å². The van der Waals surface area contributed by atoms with Crippen LogP contribution < -0.4 is 33.2 Å². The lowest BCUT2D eigenvalue weighted by atomic mass is 10.2. The van der Waals surface area contributed by atoms with Crippen molar-refractivity contribution in [1.29, 1.82) is 0 Å². The van der Waals surface area contributed by atoms with Crippen LogP contribution in [-0.4, -0.2) is 92.5 Å². The zero-order valence-electron chi connectivity index (χ0n) is 45.0. The first-order valence-electron chi connectivity index (χ1n) is 25.0. The number of aromatic carboxylic acids is 1. The van der Waals surface area contributed by atoms with Crippen LogP contribution in [0.3, 0.4) is 0 Å². The number of carbonyl (C=O) groups is 8. The summed E-state index contributed by atoms with van der Waals surface area (Å²) in [7, 11) is 0. The van der Waals surface area contributed by atoms with E-state index in [0.717, 1.165) is 6.08 Å². The Balaban J connectivity index is 0.000000408. The van der Waals surface area contributed by atoms with Crippen LogP contribution in [0.4, 0.5) is 0 Å². The average molecular weight is 1110 g/mol. The van der Waals surface area contributed by atoms with E-state index in [1.807, 2.05) is 13.8 Å². The van der Waals surface area contributed by atoms with Gasteiger partial charge in [-0.2, -0.15) is 0 Å². The van der Waals surface area contributed by atoms with Crippen molar-refractivity contribution in [1.82, 2.24) is 0 Å². The third-order valence-electron chi connectivity index (χ3n) is 10.2. The summed E-state index contributed by atoms with van der Waals surface area (Å²) in [6.07, 6.45) is 2.44. The molecule has 6 rings (SSSR count). The smallest absolute Gasteiger partial charge is 0.343 e. The molecule has 0 aromatic heterocycles. The molecule has 0 aliphatic rings. The molecular weight excluding hydrogens is 1050 g/mol. The number of rotatable bonds is 26. The maximum atomic E-state index is 12.7. The van der Waals surface area contributed by atoms with Crippen LogP contribution in [0.5, 0.6) is 40.2 Å². The summed E-state index contributed by atoms with van der Waals surface area (Å²) < 4.78 is 52.7. The van der Waals surface area contributed by atoms with E-state index < -0.39 is 47.8 Å². The molecular formula is C62H60O19. The Morgan fingerprint density at radius 1 is 0.370 bits per heavy atom. The lowest BCUT2D eigenvalue weighted by Crippen LogP contribution is -2.12. The van der Waals surface area contributed by atoms with E-state index in [4.69, 9.17) is 52.5 Å². The van der Waals surface area contributed by atoms with Gasteiger partial charge in [-0.1, -0.05) is 33.6 Å². The monoisotopic (exact) mass is 1110 g/mol. The molecule has 0 aliphatic carbocycles. The van der Waals surface area contributed by atoms with Crippen LogP contribution in [0, 0.1) is 0 Å². The van der Waals surface area contributed by atoms with Gasteiger partial charge in [0.1, 0.15) is 66.7 Å². The van der Waals surface area contributed by atoms with Crippen molar-refractivity contribution in [3.63, 3.8) is 0 Å². The first kappa shape index (κ1) is 63.2. The lowest BCUT2D eigenvalue weighted by molar-refractivity contribution is -0.140. The summed E-state index contributed by atoms with van der Waals surface area (Å²) in [5.74, 6) is -2.43. The fraction of sp³-hybridized carbons (Fsp3) is 0.194. The predicted octanol–water partition coefficient (Wildman–Crippen LogP) is 10.9. The Morgan fingerprint density at radius 3 is 0.914 bits per heavy atom. The Bertz CT molecular complexity index is 3090. The molecule has 81 heavy (non-hydrogen) atoms. The number of ether oxygens (including phenoxy) is 10. The zero-order chi connectivity index (χ0) is 59.1. The first-order chi connectivity index (χ1) is 39.0. The SMILES string of the molecule is C=C(C)C(=O)OCCOc1ccc(C(=O)Oc2ccc(C(=O)O)cc2)cc1.C=CC(=O)OCCCCOc1ccc(C(=O)Oc2ccc(OC(=O)c3ccc(OC(=O)c4ccc(OCCOC(=O)C(=C)C)cc4)cc3)cc2)cc1.CC. The van der Waals surface area contributed by atoms with E-state index in [2.05, 4.69) is 19.7 Å². The summed E-state index contributed by atoms with van der Waals surface area (Å²) in [6, 6.07) is 36.3. The van der Waals surface area contributed by atoms with E-state index in [0.29, 0.717) is 59.0 Å². The second kappa shape index (κ2) is 33.8. The molecule has 0 radical (unpaired) electrons. The van der Waals surface area contributed by atoms with Crippen molar-refractivity contribution in [2.45, 2.75) is 40.5 Å². The van der Waals surface area contributed by atoms with Gasteiger partial charge in [-0.3, -0.25) is 0 Å². The molecule has 0 bridgehead atoms. The molecule has 6 aromatic rings. The van der Waals surface area contributed by atoms with Gasteiger partial charge in [-0.05, 0) is 172 Å². The second-order valence-electron chi connectivity index (χ2n) is 16.4. The van der Waals surface area contributed by atoms with Crippen molar-refractivity contribution in [2.24, 2.45) is 0 Å². The highest BCUT2D eigenvalue weighted by atomic mass is 16.6. The van der Waals surface area contributed by atoms with Gasteiger partial charge >= 0.3 is 47.8 Å². The predicted molar refractivity (Wildman–Crippen MR) is 295 cm³/mol. The number of unbranched alkanes of at least 4 members (excludes halogenated alkanes) is 1. The van der Waals surface area contributed by atoms with Gasteiger partial charge < -0.3 is 52.5 Å². The Labute approximate surface area is 467 Å². The summed E-state index contributed by atoms with van der Waals surface area (Å²) in [4.78, 5) is 94.4. The van der Waals surface area contributed by atoms with Gasteiger partial charge in [0.05, 0.1) is 41.0 Å². The average Bonchev–Trinajstić information content (AvgIpc) is 3.48. The van der Waals surface area contributed by atoms with E-state index in [-0.39, 0.29) is 72.7 Å². The molecule has 0 aliphatic heterocycles. The Hall–Kier alpha value is -10.3. The number of carboxylic acid groups (broad SMARTS) is 1. The minimum atomic E-state index is -1.06. The number of benzene rings is 6. The third kappa shape index (κ3) is 22.7. The molecule has 1 N–H and O–H groups in total. The number of carboxylic acids is 1. The highest BCUT2D eigenvalue weighted by molar-refractivity contribution is 5.94. The number of hydrogen-bond acceptors (Lipinski definition) is 18. The van der Waals surface area contributed by atoms with Crippen LogP contribution >= 0.6 is 0 Å². The largest absolute Gasteiger partial charge is 0.494 e. The normalized spacial score (nSPS) is 9.98. The molecule has 0 saturated carbocycles. The molecule has 0 spiro atoms. The van der Waals surface area contributed by atoms with Crippen molar-refractivity contribution >= 4 is 47.8 Å². The summed E-state index contributed by atoms with van der Waals surface area (Å²) in [5.41, 5.74) is 1.82. The maximum Gasteiger partial charge on any atom is 0.343 e. The molecule has 6 aromatic carbocycles. The second-order valence-corrected chi connectivity index (χ2v) is 16.4. The van der Waals surface area contributed by atoms with Crippen LogP contribution in [0.1, 0.15) is 92.3 Å². The van der Waals surface area contributed by atoms with E-state index in [9.17, 15) is 38.4 Å². The number of hydrogen-bond donors (Lipinski definition) is 1. The van der Waals surface area contributed by atoms with Gasteiger partial charge in [0.15, 0.2) is 0 Å². The van der Waals surface area contributed by atoms with Crippen LogP contribution in [0.15, 0.2) is 183 Å².